The van der Waals surface area contributed by atoms with Gasteiger partial charge in [-0.05, 0) is 43.0 Å². The molecule has 0 radical (unpaired) electrons. The quantitative estimate of drug-likeness (QED) is 0.538. The number of nitrogens with one attached hydrogen (secondary N) is 1. The van der Waals surface area contributed by atoms with Crippen molar-refractivity contribution in [3.05, 3.63) is 35.9 Å². The van der Waals surface area contributed by atoms with Crippen molar-refractivity contribution in [2.24, 2.45) is 0 Å². The minimum absolute atomic E-state index is 0.0328. The second-order valence-corrected chi connectivity index (χ2v) is 3.76. The summed E-state index contributed by atoms with van der Waals surface area (Å²) in [6.45, 7) is 5.31. The first kappa shape index (κ1) is 13.3. The predicted octanol–water partition coefficient (Wildman–Crippen LogP) is 1.75. The van der Waals surface area contributed by atoms with Crippen molar-refractivity contribution >= 4 is 11.6 Å². The van der Waals surface area contributed by atoms with Crippen molar-refractivity contribution in [3.8, 4) is 5.75 Å². The maximum Gasteiger partial charge on any atom is 0.247 e. The molecule has 1 rings (SSSR count). The van der Waals surface area contributed by atoms with Crippen LogP contribution in [0.15, 0.2) is 24.8 Å². The molecule has 0 saturated heterocycles. The molecule has 4 nitrogen and oxygen atoms in total. The number of hydrogen-bond donors (Lipinski definition) is 3. The van der Waals surface area contributed by atoms with Crippen molar-refractivity contribution in [1.29, 1.82) is 0 Å². The molecule has 92 valence electrons. The first-order chi connectivity index (χ1) is 8.10. The summed E-state index contributed by atoms with van der Waals surface area (Å²) < 4.78 is 0. The Hall–Kier alpha value is -1.81. The zero-order valence-corrected chi connectivity index (χ0v) is 9.86. The highest BCUT2D eigenvalue weighted by Gasteiger charge is 2.10. The van der Waals surface area contributed by atoms with E-state index in [9.17, 15) is 9.90 Å². The number of phenolic OH excluding ortho intramolecular Hbond substituents is 1. The van der Waals surface area contributed by atoms with E-state index in [-0.39, 0.29) is 18.3 Å². The number of carbonyl (C=O) groups excluding carboxylic acids is 1. The maximum absolute atomic E-state index is 11.2. The van der Waals surface area contributed by atoms with Gasteiger partial charge >= 0.3 is 0 Å². The van der Waals surface area contributed by atoms with E-state index in [0.717, 1.165) is 17.2 Å². The average molecular weight is 235 g/mol. The second-order valence-electron chi connectivity index (χ2n) is 3.76. The lowest BCUT2D eigenvalue weighted by molar-refractivity contribution is -0.111. The Bertz CT molecular complexity index is 427. The number of rotatable bonds is 5. The smallest absolute Gasteiger partial charge is 0.247 e. The van der Waals surface area contributed by atoms with Crippen LogP contribution in [0, 0.1) is 6.92 Å². The number of amides is 1. The third-order valence-corrected chi connectivity index (χ3v) is 2.59. The van der Waals surface area contributed by atoms with Crippen molar-refractivity contribution in [2.75, 3.05) is 11.9 Å². The van der Waals surface area contributed by atoms with Crippen LogP contribution in [0.5, 0.6) is 5.75 Å². The molecule has 0 aliphatic rings. The average Bonchev–Trinajstić information content (AvgIpc) is 2.33. The van der Waals surface area contributed by atoms with Gasteiger partial charge in [0.2, 0.25) is 5.91 Å². The fourth-order valence-electron chi connectivity index (χ4n) is 1.61. The number of benzene rings is 1. The van der Waals surface area contributed by atoms with Crippen LogP contribution < -0.4 is 5.32 Å². The van der Waals surface area contributed by atoms with Gasteiger partial charge < -0.3 is 15.5 Å². The van der Waals surface area contributed by atoms with E-state index in [1.54, 1.807) is 12.1 Å². The maximum atomic E-state index is 11.2. The summed E-state index contributed by atoms with van der Waals surface area (Å²) in [7, 11) is 0. The van der Waals surface area contributed by atoms with Crippen LogP contribution in [0.4, 0.5) is 5.69 Å². The number of carbonyl (C=O) groups is 1. The van der Waals surface area contributed by atoms with Gasteiger partial charge in [0.1, 0.15) is 5.75 Å². The third kappa shape index (κ3) is 3.32. The lowest BCUT2D eigenvalue weighted by Crippen LogP contribution is -2.10. The molecule has 0 bridgehead atoms. The monoisotopic (exact) mass is 235 g/mol. The topological polar surface area (TPSA) is 69.6 Å². The summed E-state index contributed by atoms with van der Waals surface area (Å²) >= 11 is 0. The zero-order chi connectivity index (χ0) is 12.8. The molecule has 1 amide bonds. The summed E-state index contributed by atoms with van der Waals surface area (Å²) in [5, 5.41) is 21.1. The normalized spacial score (nSPS) is 10.0. The number of anilines is 1. The number of aromatic hydroxyl groups is 1. The summed E-state index contributed by atoms with van der Waals surface area (Å²) in [5.41, 5.74) is 2.22. The van der Waals surface area contributed by atoms with E-state index < -0.39 is 0 Å². The Morgan fingerprint density at radius 2 is 2.24 bits per heavy atom. The third-order valence-electron chi connectivity index (χ3n) is 2.59. The van der Waals surface area contributed by atoms with Gasteiger partial charge in [-0.1, -0.05) is 12.6 Å². The Morgan fingerprint density at radius 3 is 2.82 bits per heavy atom. The Kier molecular flexibility index (Phi) is 4.72. The molecular formula is C13H17NO3. The fraction of sp³-hybridized carbons (Fsp3) is 0.308. The number of aliphatic hydroxyl groups excluding tert-OH is 1. The molecule has 3 N–H and O–H groups in total. The van der Waals surface area contributed by atoms with Gasteiger partial charge in [-0.2, -0.15) is 0 Å². The largest absolute Gasteiger partial charge is 0.506 e. The summed E-state index contributed by atoms with van der Waals surface area (Å²) in [4.78, 5) is 11.2. The molecule has 0 atom stereocenters. The van der Waals surface area contributed by atoms with Crippen LogP contribution in [0.2, 0.25) is 0 Å². The van der Waals surface area contributed by atoms with Crippen molar-refractivity contribution in [3.63, 3.8) is 0 Å². The molecule has 0 fully saturated rings. The Morgan fingerprint density at radius 1 is 1.53 bits per heavy atom. The molecule has 0 spiro atoms. The lowest BCUT2D eigenvalue weighted by Gasteiger charge is -2.13. The fourth-order valence-corrected chi connectivity index (χ4v) is 1.61. The molecule has 1 aromatic rings. The van der Waals surface area contributed by atoms with E-state index in [0.29, 0.717) is 18.5 Å². The Labute approximate surface area is 101 Å². The molecule has 1 aromatic carbocycles. The number of phenols is 1. The molecule has 0 heterocycles. The first-order valence-corrected chi connectivity index (χ1v) is 5.46. The highest BCUT2D eigenvalue weighted by atomic mass is 16.3. The van der Waals surface area contributed by atoms with E-state index in [1.807, 2.05) is 6.92 Å². The van der Waals surface area contributed by atoms with Crippen LogP contribution in [-0.2, 0) is 11.2 Å². The lowest BCUT2D eigenvalue weighted by atomic mass is 10.0. The van der Waals surface area contributed by atoms with Gasteiger partial charge in [0, 0.05) is 6.61 Å². The summed E-state index contributed by atoms with van der Waals surface area (Å²) in [6, 6.07) is 3.34. The molecule has 0 aliphatic carbocycles. The molecule has 0 saturated carbocycles. The van der Waals surface area contributed by atoms with Crippen LogP contribution in [0.1, 0.15) is 17.5 Å². The minimum Gasteiger partial charge on any atom is -0.506 e. The predicted molar refractivity (Wildman–Crippen MR) is 67.1 cm³/mol. The SMILES string of the molecule is C=CC(=O)Nc1c(O)ccc(CCCO)c1C. The van der Waals surface area contributed by atoms with Gasteiger partial charge in [0.05, 0.1) is 5.69 Å². The van der Waals surface area contributed by atoms with Crippen LogP contribution in [0.3, 0.4) is 0 Å². The molecular weight excluding hydrogens is 218 g/mol. The van der Waals surface area contributed by atoms with E-state index in [4.69, 9.17) is 5.11 Å². The molecule has 0 unspecified atom stereocenters. The van der Waals surface area contributed by atoms with Gasteiger partial charge in [-0.15, -0.1) is 0 Å². The Balaban J connectivity index is 3.01. The van der Waals surface area contributed by atoms with Crippen LogP contribution in [-0.4, -0.2) is 22.7 Å². The van der Waals surface area contributed by atoms with E-state index in [1.165, 1.54) is 0 Å². The highest BCUT2D eigenvalue weighted by molar-refractivity contribution is 6.00. The second kappa shape index (κ2) is 6.06. The van der Waals surface area contributed by atoms with Gasteiger partial charge in [0.25, 0.3) is 0 Å². The van der Waals surface area contributed by atoms with Crippen molar-refractivity contribution in [1.82, 2.24) is 0 Å². The number of aryl methyl sites for hydroxylation is 1. The summed E-state index contributed by atoms with van der Waals surface area (Å²) in [5.74, 6) is -0.326. The summed E-state index contributed by atoms with van der Waals surface area (Å²) in [6.07, 6.45) is 2.51. The van der Waals surface area contributed by atoms with Gasteiger partial charge in [-0.25, -0.2) is 0 Å². The highest BCUT2D eigenvalue weighted by Crippen LogP contribution is 2.30. The van der Waals surface area contributed by atoms with E-state index in [2.05, 4.69) is 11.9 Å². The molecule has 4 heteroatoms. The van der Waals surface area contributed by atoms with E-state index >= 15 is 0 Å². The molecule has 0 aromatic heterocycles. The molecule has 0 aliphatic heterocycles. The van der Waals surface area contributed by atoms with Gasteiger partial charge in [-0.3, -0.25) is 4.79 Å². The van der Waals surface area contributed by atoms with Crippen molar-refractivity contribution in [2.45, 2.75) is 19.8 Å². The van der Waals surface area contributed by atoms with Crippen LogP contribution >= 0.6 is 0 Å². The first-order valence-electron chi connectivity index (χ1n) is 5.46. The molecule has 17 heavy (non-hydrogen) atoms. The van der Waals surface area contributed by atoms with Crippen molar-refractivity contribution < 1.29 is 15.0 Å². The zero-order valence-electron chi connectivity index (χ0n) is 9.86. The van der Waals surface area contributed by atoms with Crippen LogP contribution in [0.25, 0.3) is 0 Å². The standard InChI is InChI=1S/C13H17NO3/c1-3-12(17)14-13-9(2)10(5-4-8-15)6-7-11(13)16/h3,6-7,15-16H,1,4-5,8H2,2H3,(H,14,17). The number of aliphatic hydroxyl groups is 1. The number of hydrogen-bond acceptors (Lipinski definition) is 3. The minimum atomic E-state index is -0.359. The van der Waals surface area contributed by atoms with Gasteiger partial charge in [0.15, 0.2) is 0 Å².